The van der Waals surface area contributed by atoms with Crippen LogP contribution in [-0.4, -0.2) is 24.5 Å². The summed E-state index contributed by atoms with van der Waals surface area (Å²) >= 11 is 9.09. The lowest BCUT2D eigenvalue weighted by molar-refractivity contribution is -0.133. The van der Waals surface area contributed by atoms with Crippen molar-refractivity contribution in [1.29, 1.82) is 0 Å². The minimum atomic E-state index is -0.797. The van der Waals surface area contributed by atoms with Crippen LogP contribution >= 0.6 is 27.5 Å². The average Bonchev–Trinajstić information content (AvgIpc) is 2.61. The van der Waals surface area contributed by atoms with Gasteiger partial charge in [0.05, 0.1) is 0 Å². The van der Waals surface area contributed by atoms with Crippen molar-refractivity contribution in [3.05, 3.63) is 58.0 Å². The monoisotopic (exact) mass is 426 g/mol. The minimum absolute atomic E-state index is 0.228. The second-order valence-electron chi connectivity index (χ2n) is 4.99. The molecule has 25 heavy (non-hydrogen) atoms. The Bertz CT molecular complexity index is 722. The van der Waals surface area contributed by atoms with Crippen LogP contribution in [-0.2, 0) is 9.59 Å². The van der Waals surface area contributed by atoms with E-state index in [-0.39, 0.29) is 6.61 Å². The Morgan fingerprint density at radius 2 is 1.64 bits per heavy atom. The second kappa shape index (κ2) is 9.29. The van der Waals surface area contributed by atoms with Gasteiger partial charge >= 0.3 is 0 Å². The number of benzene rings is 2. The molecule has 0 aliphatic rings. The minimum Gasteiger partial charge on any atom is -0.484 e. The average molecular weight is 428 g/mol. The molecule has 0 aliphatic carbocycles. The van der Waals surface area contributed by atoms with Gasteiger partial charge in [-0.05, 0) is 55.5 Å². The third-order valence-electron chi connectivity index (χ3n) is 3.00. The molecular formula is C17H16BrClN2O4. The van der Waals surface area contributed by atoms with Gasteiger partial charge in [0.1, 0.15) is 11.5 Å². The Labute approximate surface area is 158 Å². The second-order valence-corrected chi connectivity index (χ2v) is 6.35. The molecule has 0 aliphatic heterocycles. The molecule has 2 rings (SSSR count). The lowest BCUT2D eigenvalue weighted by Crippen LogP contribution is -2.48. The Balaban J connectivity index is 1.71. The summed E-state index contributed by atoms with van der Waals surface area (Å²) < 4.78 is 11.6. The number of carbonyl (C=O) groups is 2. The van der Waals surface area contributed by atoms with Crippen LogP contribution in [0.3, 0.4) is 0 Å². The molecule has 1 atom stereocenters. The first kappa shape index (κ1) is 19.1. The van der Waals surface area contributed by atoms with Crippen molar-refractivity contribution >= 4 is 39.3 Å². The standard InChI is InChI=1S/C17H16BrClN2O4/c1-11(25-15-8-4-13(19)5-9-15)17(23)21-20-16(22)10-24-14-6-2-12(18)3-7-14/h2-9,11H,10H2,1H3,(H,20,22)(H,21,23). The highest BCUT2D eigenvalue weighted by Gasteiger charge is 2.15. The van der Waals surface area contributed by atoms with E-state index in [1.54, 1.807) is 55.5 Å². The van der Waals surface area contributed by atoms with Crippen LogP contribution in [0.2, 0.25) is 5.02 Å². The van der Waals surface area contributed by atoms with Crippen molar-refractivity contribution in [1.82, 2.24) is 10.9 Å². The first-order valence-electron chi connectivity index (χ1n) is 7.33. The van der Waals surface area contributed by atoms with E-state index >= 15 is 0 Å². The van der Waals surface area contributed by atoms with Crippen LogP contribution < -0.4 is 20.3 Å². The van der Waals surface area contributed by atoms with Gasteiger partial charge in [0.15, 0.2) is 12.7 Å². The maximum absolute atomic E-state index is 11.9. The molecular weight excluding hydrogens is 412 g/mol. The van der Waals surface area contributed by atoms with E-state index in [4.69, 9.17) is 21.1 Å². The highest BCUT2D eigenvalue weighted by molar-refractivity contribution is 9.10. The van der Waals surface area contributed by atoms with E-state index in [1.807, 2.05) is 0 Å². The molecule has 2 N–H and O–H groups in total. The summed E-state index contributed by atoms with van der Waals surface area (Å²) in [6, 6.07) is 13.6. The van der Waals surface area contributed by atoms with Gasteiger partial charge in [-0.3, -0.25) is 20.4 Å². The van der Waals surface area contributed by atoms with Crippen LogP contribution in [0.4, 0.5) is 0 Å². The van der Waals surface area contributed by atoms with Crippen LogP contribution in [0.15, 0.2) is 53.0 Å². The highest BCUT2D eigenvalue weighted by atomic mass is 79.9. The van der Waals surface area contributed by atoms with Crippen molar-refractivity contribution in [2.24, 2.45) is 0 Å². The number of carbonyl (C=O) groups excluding carboxylic acids is 2. The van der Waals surface area contributed by atoms with Crippen LogP contribution in [0.25, 0.3) is 0 Å². The predicted molar refractivity (Wildman–Crippen MR) is 97.5 cm³/mol. The molecule has 8 heteroatoms. The lowest BCUT2D eigenvalue weighted by atomic mass is 10.3. The number of rotatable bonds is 6. The van der Waals surface area contributed by atoms with Crippen LogP contribution in [0.1, 0.15) is 6.92 Å². The van der Waals surface area contributed by atoms with Gasteiger partial charge in [0.25, 0.3) is 11.8 Å². The number of ether oxygens (including phenoxy) is 2. The summed E-state index contributed by atoms with van der Waals surface area (Å²) in [6.45, 7) is 1.34. The molecule has 0 heterocycles. The molecule has 1 unspecified atom stereocenters. The number of halogens is 2. The fourth-order valence-electron chi connectivity index (χ4n) is 1.72. The van der Waals surface area contributed by atoms with E-state index in [0.717, 1.165) is 4.47 Å². The molecule has 0 bridgehead atoms. The first-order valence-corrected chi connectivity index (χ1v) is 8.50. The molecule has 2 aromatic carbocycles. The van der Waals surface area contributed by atoms with E-state index in [2.05, 4.69) is 26.8 Å². The van der Waals surface area contributed by atoms with E-state index < -0.39 is 17.9 Å². The molecule has 0 fully saturated rings. The predicted octanol–water partition coefficient (Wildman–Crippen LogP) is 3.10. The van der Waals surface area contributed by atoms with E-state index in [9.17, 15) is 9.59 Å². The smallest absolute Gasteiger partial charge is 0.279 e. The third kappa shape index (κ3) is 6.64. The fraction of sp³-hybridized carbons (Fsp3) is 0.176. The number of hydrazine groups is 1. The number of hydrogen-bond donors (Lipinski definition) is 2. The largest absolute Gasteiger partial charge is 0.484 e. The van der Waals surface area contributed by atoms with Crippen molar-refractivity contribution in [2.75, 3.05) is 6.61 Å². The molecule has 0 saturated heterocycles. The highest BCUT2D eigenvalue weighted by Crippen LogP contribution is 2.17. The van der Waals surface area contributed by atoms with Gasteiger partial charge in [-0.2, -0.15) is 0 Å². The Morgan fingerprint density at radius 1 is 1.04 bits per heavy atom. The quantitative estimate of drug-likeness (QED) is 0.695. The molecule has 2 amide bonds. The molecule has 2 aromatic rings. The van der Waals surface area contributed by atoms with Gasteiger partial charge in [-0.25, -0.2) is 0 Å². The van der Waals surface area contributed by atoms with Gasteiger partial charge < -0.3 is 9.47 Å². The van der Waals surface area contributed by atoms with Crippen molar-refractivity contribution in [2.45, 2.75) is 13.0 Å². The fourth-order valence-corrected chi connectivity index (χ4v) is 2.11. The third-order valence-corrected chi connectivity index (χ3v) is 3.79. The molecule has 0 saturated carbocycles. The zero-order valence-electron chi connectivity index (χ0n) is 13.3. The summed E-state index contributed by atoms with van der Waals surface area (Å²) in [5.41, 5.74) is 4.55. The zero-order valence-corrected chi connectivity index (χ0v) is 15.6. The number of hydrogen-bond acceptors (Lipinski definition) is 4. The summed E-state index contributed by atoms with van der Waals surface area (Å²) in [4.78, 5) is 23.6. The molecule has 6 nitrogen and oxygen atoms in total. The van der Waals surface area contributed by atoms with Gasteiger partial charge in [0, 0.05) is 9.50 Å². The summed E-state index contributed by atoms with van der Waals surface area (Å²) in [5.74, 6) is 0.0583. The summed E-state index contributed by atoms with van der Waals surface area (Å²) in [5, 5.41) is 0.572. The van der Waals surface area contributed by atoms with Crippen molar-refractivity contribution in [3.8, 4) is 11.5 Å². The van der Waals surface area contributed by atoms with Crippen molar-refractivity contribution in [3.63, 3.8) is 0 Å². The molecule has 0 aromatic heterocycles. The molecule has 132 valence electrons. The Morgan fingerprint density at radius 3 is 2.28 bits per heavy atom. The van der Waals surface area contributed by atoms with Gasteiger partial charge in [-0.1, -0.05) is 27.5 Å². The van der Waals surface area contributed by atoms with Crippen LogP contribution in [0, 0.1) is 0 Å². The zero-order chi connectivity index (χ0) is 18.2. The first-order chi connectivity index (χ1) is 11.9. The van der Waals surface area contributed by atoms with Crippen molar-refractivity contribution < 1.29 is 19.1 Å². The van der Waals surface area contributed by atoms with Crippen LogP contribution in [0.5, 0.6) is 11.5 Å². The lowest BCUT2D eigenvalue weighted by Gasteiger charge is -2.15. The normalized spacial score (nSPS) is 11.3. The Kier molecular flexibility index (Phi) is 7.09. The summed E-state index contributed by atoms with van der Waals surface area (Å²) in [7, 11) is 0. The summed E-state index contributed by atoms with van der Waals surface area (Å²) in [6.07, 6.45) is -0.797. The van der Waals surface area contributed by atoms with E-state index in [1.165, 1.54) is 0 Å². The molecule has 0 spiro atoms. The van der Waals surface area contributed by atoms with Gasteiger partial charge in [-0.15, -0.1) is 0 Å². The number of nitrogens with one attached hydrogen (secondary N) is 2. The Hall–Kier alpha value is -2.25. The van der Waals surface area contributed by atoms with E-state index in [0.29, 0.717) is 16.5 Å². The molecule has 0 radical (unpaired) electrons. The SMILES string of the molecule is CC(Oc1ccc(Cl)cc1)C(=O)NNC(=O)COc1ccc(Br)cc1. The van der Waals surface area contributed by atoms with Gasteiger partial charge in [0.2, 0.25) is 0 Å². The maximum atomic E-state index is 11.9. The topological polar surface area (TPSA) is 76.7 Å². The number of amides is 2. The maximum Gasteiger partial charge on any atom is 0.279 e.